The summed E-state index contributed by atoms with van der Waals surface area (Å²) in [7, 11) is 3.48. The summed E-state index contributed by atoms with van der Waals surface area (Å²) in [5, 5.41) is 0. The van der Waals surface area contributed by atoms with Crippen LogP contribution in [0, 0.1) is 11.2 Å². The van der Waals surface area contributed by atoms with Crippen LogP contribution in [0.1, 0.15) is 22.5 Å². The quantitative estimate of drug-likeness (QED) is 0.620. The average molecular weight is 432 g/mol. The number of rotatable bonds is 5. The van der Waals surface area contributed by atoms with E-state index in [-0.39, 0.29) is 23.3 Å². The molecular weight excluding hydrogens is 407 g/mol. The molecule has 0 unspecified atom stereocenters. The van der Waals surface area contributed by atoms with E-state index >= 15 is 0 Å². The second kappa shape index (κ2) is 8.86. The van der Waals surface area contributed by atoms with Gasteiger partial charge in [-0.15, -0.1) is 0 Å². The van der Waals surface area contributed by atoms with Gasteiger partial charge in [0.1, 0.15) is 11.5 Å². The smallest absolute Gasteiger partial charge is 0.274 e. The summed E-state index contributed by atoms with van der Waals surface area (Å²) in [5.41, 5.74) is 2.42. The number of aromatic nitrogens is 2. The second-order valence-electron chi connectivity index (χ2n) is 8.43. The number of hydrogen-bond donors (Lipinski definition) is 0. The van der Waals surface area contributed by atoms with Crippen molar-refractivity contribution in [2.24, 2.45) is 5.41 Å². The van der Waals surface area contributed by atoms with E-state index in [1.54, 1.807) is 36.0 Å². The number of carbonyl (C=O) groups is 2. The Morgan fingerprint density at radius 1 is 1.09 bits per heavy atom. The van der Waals surface area contributed by atoms with E-state index in [0.717, 1.165) is 16.7 Å². The molecule has 0 spiro atoms. The van der Waals surface area contributed by atoms with Crippen molar-refractivity contribution in [1.29, 1.82) is 0 Å². The highest BCUT2D eigenvalue weighted by Crippen LogP contribution is 2.37. The maximum absolute atomic E-state index is 13.3. The number of likely N-dealkylation sites (tertiary alicyclic amines) is 1. The van der Waals surface area contributed by atoms with E-state index in [0.29, 0.717) is 25.9 Å². The Bertz CT molecular complexity index is 1120. The molecular formula is C25H25FN4O2. The highest BCUT2D eigenvalue weighted by molar-refractivity contribution is 5.93. The predicted molar refractivity (Wildman–Crippen MR) is 119 cm³/mol. The summed E-state index contributed by atoms with van der Waals surface area (Å²) in [5.74, 6) is -0.495. The van der Waals surface area contributed by atoms with E-state index < -0.39 is 5.41 Å². The van der Waals surface area contributed by atoms with E-state index in [1.165, 1.54) is 30.7 Å². The highest BCUT2D eigenvalue weighted by Gasteiger charge is 2.47. The van der Waals surface area contributed by atoms with Crippen molar-refractivity contribution >= 4 is 11.8 Å². The largest absolute Gasteiger partial charge is 0.348 e. The van der Waals surface area contributed by atoms with E-state index in [2.05, 4.69) is 9.97 Å². The normalized spacial score (nSPS) is 17.9. The molecule has 6 nitrogen and oxygen atoms in total. The minimum atomic E-state index is -0.719. The number of benzene rings is 2. The van der Waals surface area contributed by atoms with Crippen molar-refractivity contribution in [1.82, 2.24) is 19.8 Å². The minimum absolute atomic E-state index is 0.000805. The zero-order valence-electron chi connectivity index (χ0n) is 18.2. The summed E-state index contributed by atoms with van der Waals surface area (Å²) < 4.78 is 13.3. The molecule has 1 fully saturated rings. The lowest BCUT2D eigenvalue weighted by Crippen LogP contribution is -2.44. The first kappa shape index (κ1) is 21.6. The fourth-order valence-electron chi connectivity index (χ4n) is 4.38. The monoisotopic (exact) mass is 432 g/mol. The van der Waals surface area contributed by atoms with E-state index in [1.807, 2.05) is 24.3 Å². The molecule has 0 aliphatic carbocycles. The third-order valence-corrected chi connectivity index (χ3v) is 5.93. The molecule has 0 radical (unpaired) electrons. The van der Waals surface area contributed by atoms with Gasteiger partial charge in [-0.1, -0.05) is 36.4 Å². The molecule has 1 saturated heterocycles. The van der Waals surface area contributed by atoms with Crippen LogP contribution in [0.4, 0.5) is 4.39 Å². The number of carbonyl (C=O) groups excluding carboxylic acids is 2. The molecule has 0 N–H and O–H groups in total. The van der Waals surface area contributed by atoms with Crippen LogP contribution in [0.2, 0.25) is 0 Å². The molecule has 1 aliphatic rings. The summed E-state index contributed by atoms with van der Waals surface area (Å²) in [6.07, 6.45) is 5.53. The lowest BCUT2D eigenvalue weighted by Gasteiger charge is -2.31. The fraction of sp³-hybridized carbons (Fsp3) is 0.280. The third-order valence-electron chi connectivity index (χ3n) is 5.93. The van der Waals surface area contributed by atoms with Crippen LogP contribution in [0.3, 0.4) is 0 Å². The van der Waals surface area contributed by atoms with E-state index in [4.69, 9.17) is 0 Å². The minimum Gasteiger partial charge on any atom is -0.348 e. The Kier molecular flexibility index (Phi) is 5.99. The van der Waals surface area contributed by atoms with Gasteiger partial charge in [-0.05, 0) is 41.7 Å². The first-order valence-electron chi connectivity index (χ1n) is 10.5. The highest BCUT2D eigenvalue weighted by atomic mass is 19.1. The molecule has 32 heavy (non-hydrogen) atoms. The maximum atomic E-state index is 13.3. The summed E-state index contributed by atoms with van der Waals surface area (Å²) in [4.78, 5) is 37.6. The zero-order valence-corrected chi connectivity index (χ0v) is 18.2. The standard InChI is InChI=1S/C25H25FN4O2/c1-29(2)24(32)25(10-13-30(17-25)23(31)22-16-27-11-12-28-22)15-18-4-3-5-20(14-18)19-6-8-21(26)9-7-19/h3-9,11-12,14,16H,10,13,15,17H2,1-2H3/t25-/m1/s1. The Labute approximate surface area is 186 Å². The SMILES string of the molecule is CN(C)C(=O)[C@@]1(Cc2cccc(-c3ccc(F)cc3)c2)CCN(C(=O)c2cnccn2)C1. The number of nitrogens with zero attached hydrogens (tertiary/aromatic N) is 4. The van der Waals surface area contributed by atoms with Gasteiger partial charge in [0, 0.05) is 39.6 Å². The summed E-state index contributed by atoms with van der Waals surface area (Å²) in [6.45, 7) is 0.798. The zero-order chi connectivity index (χ0) is 22.7. The van der Waals surface area contributed by atoms with Gasteiger partial charge in [-0.2, -0.15) is 0 Å². The van der Waals surface area contributed by atoms with Gasteiger partial charge in [0.2, 0.25) is 5.91 Å². The van der Waals surface area contributed by atoms with Crippen LogP contribution >= 0.6 is 0 Å². The topological polar surface area (TPSA) is 66.4 Å². The van der Waals surface area contributed by atoms with Gasteiger partial charge < -0.3 is 9.80 Å². The molecule has 0 bridgehead atoms. The molecule has 4 rings (SSSR count). The fourth-order valence-corrected chi connectivity index (χ4v) is 4.38. The molecule has 1 aromatic heterocycles. The van der Waals surface area contributed by atoms with Gasteiger partial charge in [0.25, 0.3) is 5.91 Å². The Balaban J connectivity index is 1.61. The lowest BCUT2D eigenvalue weighted by atomic mass is 9.79. The molecule has 164 valence electrons. The van der Waals surface area contributed by atoms with Crippen molar-refractivity contribution in [2.75, 3.05) is 27.2 Å². The predicted octanol–water partition coefficient (Wildman–Crippen LogP) is 3.45. The first-order valence-corrected chi connectivity index (χ1v) is 10.5. The number of amides is 2. The van der Waals surface area contributed by atoms with Gasteiger partial charge in [0.15, 0.2) is 0 Å². The second-order valence-corrected chi connectivity index (χ2v) is 8.43. The van der Waals surface area contributed by atoms with Crippen LogP contribution in [0.15, 0.2) is 67.1 Å². The molecule has 7 heteroatoms. The third kappa shape index (κ3) is 4.37. The molecule has 2 heterocycles. The average Bonchev–Trinajstić information content (AvgIpc) is 3.24. The Morgan fingerprint density at radius 2 is 1.88 bits per heavy atom. The van der Waals surface area contributed by atoms with Gasteiger partial charge in [-0.3, -0.25) is 14.6 Å². The molecule has 1 aliphatic heterocycles. The lowest BCUT2D eigenvalue weighted by molar-refractivity contribution is -0.138. The van der Waals surface area contributed by atoms with Crippen molar-refractivity contribution in [3.8, 4) is 11.1 Å². The van der Waals surface area contributed by atoms with Crippen LogP contribution in [0.5, 0.6) is 0 Å². The first-order chi connectivity index (χ1) is 15.4. The number of halogens is 1. The Morgan fingerprint density at radius 3 is 2.56 bits per heavy atom. The van der Waals surface area contributed by atoms with Crippen LogP contribution in [0.25, 0.3) is 11.1 Å². The van der Waals surface area contributed by atoms with E-state index in [9.17, 15) is 14.0 Å². The van der Waals surface area contributed by atoms with Crippen LogP contribution in [-0.2, 0) is 11.2 Å². The Hall–Kier alpha value is -3.61. The molecule has 3 aromatic rings. The van der Waals surface area contributed by atoms with Crippen molar-refractivity contribution < 1.29 is 14.0 Å². The van der Waals surface area contributed by atoms with Crippen molar-refractivity contribution in [2.45, 2.75) is 12.8 Å². The van der Waals surface area contributed by atoms with Gasteiger partial charge >= 0.3 is 0 Å². The van der Waals surface area contributed by atoms with Crippen molar-refractivity contribution in [3.63, 3.8) is 0 Å². The molecule has 0 saturated carbocycles. The van der Waals surface area contributed by atoms with Gasteiger partial charge in [0.05, 0.1) is 11.6 Å². The summed E-state index contributed by atoms with van der Waals surface area (Å²) >= 11 is 0. The molecule has 2 amide bonds. The van der Waals surface area contributed by atoms with Crippen LogP contribution < -0.4 is 0 Å². The number of hydrogen-bond acceptors (Lipinski definition) is 4. The van der Waals surface area contributed by atoms with Crippen LogP contribution in [-0.4, -0.2) is 58.8 Å². The van der Waals surface area contributed by atoms with Crippen molar-refractivity contribution in [3.05, 3.63) is 84.2 Å². The molecule has 2 aromatic carbocycles. The maximum Gasteiger partial charge on any atom is 0.274 e. The molecule has 1 atom stereocenters. The summed E-state index contributed by atoms with van der Waals surface area (Å²) in [6, 6.07) is 14.3. The van der Waals surface area contributed by atoms with Gasteiger partial charge in [-0.25, -0.2) is 9.37 Å².